The highest BCUT2D eigenvalue weighted by Crippen LogP contribution is 2.51. The predicted octanol–water partition coefficient (Wildman–Crippen LogP) is -0.406. The quantitative estimate of drug-likeness (QED) is 0.0718. The van der Waals surface area contributed by atoms with Crippen LogP contribution in [0.3, 0.4) is 0 Å². The summed E-state index contributed by atoms with van der Waals surface area (Å²) < 4.78 is 33.3. The number of aliphatic hydroxyl groups excluding tert-OH is 7. The van der Waals surface area contributed by atoms with Gasteiger partial charge in [-0.2, -0.15) is 0 Å². The van der Waals surface area contributed by atoms with Crippen LogP contribution in [-0.2, 0) is 19.0 Å². The first kappa shape index (κ1) is 41.2. The minimum Gasteiger partial charge on any atom is -0.508 e. The van der Waals surface area contributed by atoms with Crippen molar-refractivity contribution in [1.82, 2.24) is 0 Å². The molecule has 57 heavy (non-hydrogen) atoms. The van der Waals surface area contributed by atoms with Crippen molar-refractivity contribution >= 4 is 23.0 Å². The van der Waals surface area contributed by atoms with Crippen LogP contribution in [0.15, 0.2) is 57.8 Å². The SMILES string of the molecule is COc1cc(/C=C/C(=O)O[C@@H]2[C@@H](O)[C@H](O)[C@@H](CO)O[C@H]2c2c(O)c([C@@H]3O[C@H](CO)[C@@H](O)[C@H](O)[C@H]3O)c3oc(-c4ccc(O)cc4)cc(=O)c3c2O)cc(OC)c1O. The Balaban J connectivity index is 1.53. The summed E-state index contributed by atoms with van der Waals surface area (Å²) in [6.07, 6.45) is -17.1. The van der Waals surface area contributed by atoms with Crippen LogP contribution in [0, 0.1) is 0 Å². The van der Waals surface area contributed by atoms with Crippen LogP contribution < -0.4 is 14.9 Å². The first-order chi connectivity index (χ1) is 27.1. The third kappa shape index (κ3) is 7.55. The molecule has 0 spiro atoms. The van der Waals surface area contributed by atoms with E-state index >= 15 is 0 Å². The number of phenols is 4. The van der Waals surface area contributed by atoms with Crippen LogP contribution >= 0.6 is 0 Å². The molecule has 3 heterocycles. The molecule has 19 nitrogen and oxygen atoms in total. The molecular weight excluding hydrogens is 760 g/mol. The fourth-order valence-corrected chi connectivity index (χ4v) is 6.85. The van der Waals surface area contributed by atoms with Crippen molar-refractivity contribution in [3.8, 4) is 45.8 Å². The topological polar surface area (TPSA) is 316 Å². The molecule has 1 aromatic heterocycles. The van der Waals surface area contributed by atoms with Crippen molar-refractivity contribution in [2.75, 3.05) is 27.4 Å². The Morgan fingerprint density at radius 3 is 1.88 bits per heavy atom. The van der Waals surface area contributed by atoms with E-state index in [0.717, 1.165) is 12.1 Å². The largest absolute Gasteiger partial charge is 0.508 e. The molecular formula is C38H40O19. The van der Waals surface area contributed by atoms with Gasteiger partial charge in [-0.25, -0.2) is 4.79 Å². The van der Waals surface area contributed by atoms with E-state index in [9.17, 15) is 65.8 Å². The lowest BCUT2D eigenvalue weighted by Crippen LogP contribution is -2.56. The summed E-state index contributed by atoms with van der Waals surface area (Å²) in [6, 6.07) is 8.96. The minimum atomic E-state index is -2.10. The lowest BCUT2D eigenvalue weighted by atomic mass is 9.85. The Morgan fingerprint density at radius 1 is 0.719 bits per heavy atom. The number of fused-ring (bicyclic) bond motifs is 1. The van der Waals surface area contributed by atoms with E-state index in [0.29, 0.717) is 0 Å². The number of esters is 1. The summed E-state index contributed by atoms with van der Waals surface area (Å²) >= 11 is 0. The Hall–Kier alpha value is -5.48. The van der Waals surface area contributed by atoms with Crippen LogP contribution in [0.25, 0.3) is 28.4 Å². The van der Waals surface area contributed by atoms with Crippen LogP contribution in [0.4, 0.5) is 0 Å². The summed E-state index contributed by atoms with van der Waals surface area (Å²) in [5, 5.41) is 118. The Morgan fingerprint density at radius 2 is 1.30 bits per heavy atom. The number of phenolic OH excluding ortho intramolecular Hbond substituents is 4. The van der Waals surface area contributed by atoms with Gasteiger partial charge in [-0.05, 0) is 48.0 Å². The smallest absolute Gasteiger partial charge is 0.331 e. The second-order valence-electron chi connectivity index (χ2n) is 13.3. The first-order valence-corrected chi connectivity index (χ1v) is 17.3. The molecule has 0 bridgehead atoms. The molecule has 19 heteroatoms. The normalized spacial score (nSPS) is 27.7. The van der Waals surface area contributed by atoms with E-state index < -0.39 is 119 Å². The molecule has 2 saturated heterocycles. The molecule has 0 aliphatic carbocycles. The standard InChI is InChI=1S/C38H40O19/c1-52-19-9-14(10-20(53-2)27(19)44)3-8-23(43)57-38-33(50)29(46)22(13-40)56-37(38)25-30(47)24-17(42)11-18(15-4-6-16(41)7-5-15)54-35(24)26(31(25)48)36-34(51)32(49)28(45)21(12-39)55-36/h3-11,21-22,28-29,32-34,36-41,44-51H,12-13H2,1-2H3/b8-3+/t21-,22-,28-,29-,32+,33+,34-,36+,37+,38-/m1/s1. The number of aliphatic hydroxyl groups is 7. The zero-order valence-corrected chi connectivity index (χ0v) is 30.1. The third-order valence-electron chi connectivity index (χ3n) is 9.84. The number of ether oxygens (including phenoxy) is 5. The van der Waals surface area contributed by atoms with Crippen LogP contribution in [-0.4, -0.2) is 138 Å². The van der Waals surface area contributed by atoms with E-state index in [1.54, 1.807) is 0 Å². The number of hydrogen-bond donors (Lipinski definition) is 11. The van der Waals surface area contributed by atoms with Crippen molar-refractivity contribution in [1.29, 1.82) is 0 Å². The van der Waals surface area contributed by atoms with Gasteiger partial charge in [0.2, 0.25) is 5.75 Å². The van der Waals surface area contributed by atoms with E-state index in [1.807, 2.05) is 0 Å². The van der Waals surface area contributed by atoms with Gasteiger partial charge < -0.3 is 84.3 Å². The van der Waals surface area contributed by atoms with Gasteiger partial charge in [-0.1, -0.05) is 0 Å². The molecule has 3 aromatic carbocycles. The lowest BCUT2D eigenvalue weighted by Gasteiger charge is -2.43. The molecule has 2 aliphatic rings. The number of methoxy groups -OCH3 is 2. The van der Waals surface area contributed by atoms with Crippen molar-refractivity contribution in [2.45, 2.75) is 61.0 Å². The highest BCUT2D eigenvalue weighted by Gasteiger charge is 2.51. The van der Waals surface area contributed by atoms with Crippen molar-refractivity contribution in [3.05, 3.63) is 75.5 Å². The molecule has 6 rings (SSSR count). The number of carbonyl (C=O) groups is 1. The van der Waals surface area contributed by atoms with E-state index in [1.165, 1.54) is 56.7 Å². The lowest BCUT2D eigenvalue weighted by molar-refractivity contribution is -0.240. The van der Waals surface area contributed by atoms with Gasteiger partial charge in [0.15, 0.2) is 28.6 Å². The molecule has 2 fully saturated rings. The van der Waals surface area contributed by atoms with Gasteiger partial charge >= 0.3 is 5.97 Å². The van der Waals surface area contributed by atoms with Crippen molar-refractivity contribution in [2.24, 2.45) is 0 Å². The summed E-state index contributed by atoms with van der Waals surface area (Å²) in [7, 11) is 2.57. The van der Waals surface area contributed by atoms with Gasteiger partial charge in [0.25, 0.3) is 0 Å². The maximum atomic E-state index is 13.9. The Kier molecular flexibility index (Phi) is 12.0. The van der Waals surface area contributed by atoms with Gasteiger partial charge in [0.05, 0.1) is 38.6 Å². The number of benzene rings is 3. The number of hydrogen-bond acceptors (Lipinski definition) is 19. The molecule has 0 saturated carbocycles. The summed E-state index contributed by atoms with van der Waals surface area (Å²) in [4.78, 5) is 27.2. The third-order valence-corrected chi connectivity index (χ3v) is 9.84. The van der Waals surface area contributed by atoms with Crippen LogP contribution in [0.2, 0.25) is 0 Å². The van der Waals surface area contributed by atoms with Gasteiger partial charge in [0, 0.05) is 17.7 Å². The Bertz CT molecular complexity index is 2170. The molecule has 4 aromatic rings. The zero-order valence-electron chi connectivity index (χ0n) is 30.1. The fraction of sp³-hybridized carbons (Fsp3) is 0.368. The van der Waals surface area contributed by atoms with Crippen LogP contribution in [0.5, 0.6) is 34.5 Å². The second kappa shape index (κ2) is 16.5. The summed E-state index contributed by atoms with van der Waals surface area (Å²) in [6.45, 7) is -1.86. The van der Waals surface area contributed by atoms with Gasteiger partial charge in [-0.15, -0.1) is 0 Å². The van der Waals surface area contributed by atoms with E-state index in [2.05, 4.69) is 0 Å². The zero-order chi connectivity index (χ0) is 41.5. The Labute approximate surface area is 321 Å². The molecule has 0 unspecified atom stereocenters. The minimum absolute atomic E-state index is 0.00572. The molecule has 0 radical (unpaired) electrons. The summed E-state index contributed by atoms with van der Waals surface area (Å²) in [5.41, 5.74) is -2.55. The molecule has 0 amide bonds. The first-order valence-electron chi connectivity index (χ1n) is 17.3. The fourth-order valence-electron chi connectivity index (χ4n) is 6.85. The maximum absolute atomic E-state index is 13.9. The average Bonchev–Trinajstić information content (AvgIpc) is 3.19. The monoisotopic (exact) mass is 800 g/mol. The second-order valence-corrected chi connectivity index (χ2v) is 13.3. The molecule has 10 atom stereocenters. The highest BCUT2D eigenvalue weighted by molar-refractivity contribution is 5.92. The molecule has 306 valence electrons. The highest BCUT2D eigenvalue weighted by atomic mass is 16.6. The summed E-state index contributed by atoms with van der Waals surface area (Å²) in [5.74, 6) is -3.98. The number of carbonyl (C=O) groups excluding carboxylic acids is 1. The van der Waals surface area contributed by atoms with Crippen molar-refractivity contribution in [3.63, 3.8) is 0 Å². The molecule has 2 aliphatic heterocycles. The molecule has 11 N–H and O–H groups in total. The number of rotatable bonds is 10. The van der Waals surface area contributed by atoms with E-state index in [-0.39, 0.29) is 39.9 Å². The maximum Gasteiger partial charge on any atom is 0.331 e. The van der Waals surface area contributed by atoms with E-state index in [4.69, 9.17) is 28.1 Å². The predicted molar refractivity (Wildman–Crippen MR) is 192 cm³/mol. The number of aromatic hydroxyl groups is 4. The van der Waals surface area contributed by atoms with Crippen molar-refractivity contribution < 1.29 is 89.1 Å². The van der Waals surface area contributed by atoms with Crippen LogP contribution in [0.1, 0.15) is 28.9 Å². The van der Waals surface area contributed by atoms with Gasteiger partial charge in [-0.3, -0.25) is 4.79 Å². The average molecular weight is 801 g/mol. The van der Waals surface area contributed by atoms with Gasteiger partial charge in [0.1, 0.15) is 83.3 Å².